The third-order valence-corrected chi connectivity index (χ3v) is 5.31. The van der Waals surface area contributed by atoms with Crippen molar-refractivity contribution in [1.82, 2.24) is 4.90 Å². The Morgan fingerprint density at radius 2 is 1.82 bits per heavy atom. The highest BCUT2D eigenvalue weighted by molar-refractivity contribution is 5.77. The Morgan fingerprint density at radius 1 is 1.04 bits per heavy atom. The van der Waals surface area contributed by atoms with Crippen molar-refractivity contribution < 1.29 is 14.3 Å². The van der Waals surface area contributed by atoms with Crippen molar-refractivity contribution in [2.75, 3.05) is 19.7 Å². The predicted molar refractivity (Wildman–Crippen MR) is 113 cm³/mol. The normalized spacial score (nSPS) is 13.7. The maximum absolute atomic E-state index is 12.8. The molecule has 1 aliphatic carbocycles. The highest BCUT2D eigenvalue weighted by Crippen LogP contribution is 2.20. The summed E-state index contributed by atoms with van der Waals surface area (Å²) < 4.78 is 5.03. The summed E-state index contributed by atoms with van der Waals surface area (Å²) in [6, 6.07) is 8.49. The zero-order valence-electron chi connectivity index (χ0n) is 17.5. The molecule has 2 rings (SSSR count). The van der Waals surface area contributed by atoms with Gasteiger partial charge in [0.05, 0.1) is 13.0 Å². The first-order chi connectivity index (χ1) is 13.6. The van der Waals surface area contributed by atoms with Crippen LogP contribution in [0.2, 0.25) is 0 Å². The molecule has 0 atom stereocenters. The molecule has 0 saturated carbocycles. The standard InChI is InChI=1S/C24H35NO3/c1-3-28-24(27)17-19-25(18-16-21-8-5-4-6-9-21)23(26)11-7-10-22-14-12-20(2)13-15-22/h8,12-15H,3-7,9-11,16-19H2,1-2H3. The molecule has 154 valence electrons. The maximum atomic E-state index is 12.8. The van der Waals surface area contributed by atoms with E-state index in [1.54, 1.807) is 6.92 Å². The fraction of sp³-hybridized carbons (Fsp3) is 0.583. The lowest BCUT2D eigenvalue weighted by molar-refractivity contribution is -0.144. The monoisotopic (exact) mass is 385 g/mol. The van der Waals surface area contributed by atoms with Gasteiger partial charge in [-0.2, -0.15) is 0 Å². The third-order valence-electron chi connectivity index (χ3n) is 5.31. The zero-order chi connectivity index (χ0) is 20.2. The Balaban J connectivity index is 1.83. The van der Waals surface area contributed by atoms with Crippen LogP contribution >= 0.6 is 0 Å². The van der Waals surface area contributed by atoms with Crippen LogP contribution in [-0.4, -0.2) is 36.5 Å². The van der Waals surface area contributed by atoms with Crippen LogP contribution < -0.4 is 0 Å². The number of ether oxygens (including phenoxy) is 1. The van der Waals surface area contributed by atoms with Crippen LogP contribution in [0.5, 0.6) is 0 Å². The van der Waals surface area contributed by atoms with E-state index in [2.05, 4.69) is 37.3 Å². The van der Waals surface area contributed by atoms with E-state index in [0.717, 1.165) is 32.1 Å². The Bertz CT molecular complexity index is 648. The van der Waals surface area contributed by atoms with Gasteiger partial charge in [0, 0.05) is 19.5 Å². The van der Waals surface area contributed by atoms with E-state index in [4.69, 9.17) is 4.74 Å². The SMILES string of the molecule is CCOC(=O)CCN(CCC1=CCCCC1)C(=O)CCCc1ccc(C)cc1. The average Bonchev–Trinajstić information content (AvgIpc) is 2.70. The zero-order valence-corrected chi connectivity index (χ0v) is 17.5. The second-order valence-electron chi connectivity index (χ2n) is 7.63. The molecule has 1 aromatic carbocycles. The van der Waals surface area contributed by atoms with E-state index >= 15 is 0 Å². The van der Waals surface area contributed by atoms with Crippen LogP contribution in [0.25, 0.3) is 0 Å². The lowest BCUT2D eigenvalue weighted by Gasteiger charge is -2.24. The topological polar surface area (TPSA) is 46.6 Å². The number of aryl methyl sites for hydroxylation is 2. The van der Waals surface area contributed by atoms with Crippen molar-refractivity contribution in [3.8, 4) is 0 Å². The number of amides is 1. The minimum absolute atomic E-state index is 0.146. The van der Waals surface area contributed by atoms with E-state index < -0.39 is 0 Å². The van der Waals surface area contributed by atoms with Crippen molar-refractivity contribution in [1.29, 1.82) is 0 Å². The van der Waals surface area contributed by atoms with Crippen LogP contribution in [0.15, 0.2) is 35.9 Å². The van der Waals surface area contributed by atoms with Gasteiger partial charge < -0.3 is 9.64 Å². The average molecular weight is 386 g/mol. The van der Waals surface area contributed by atoms with Crippen molar-refractivity contribution in [3.05, 3.63) is 47.0 Å². The van der Waals surface area contributed by atoms with E-state index in [9.17, 15) is 9.59 Å². The fourth-order valence-electron chi connectivity index (χ4n) is 3.59. The number of carbonyl (C=O) groups excluding carboxylic acids is 2. The van der Waals surface area contributed by atoms with Gasteiger partial charge in [-0.25, -0.2) is 0 Å². The van der Waals surface area contributed by atoms with Gasteiger partial charge in [-0.1, -0.05) is 41.5 Å². The maximum Gasteiger partial charge on any atom is 0.307 e. The second kappa shape index (κ2) is 12.4. The van der Waals surface area contributed by atoms with Gasteiger partial charge >= 0.3 is 5.97 Å². The molecule has 0 bridgehead atoms. The molecule has 4 heteroatoms. The molecule has 0 N–H and O–H groups in total. The molecule has 0 spiro atoms. The second-order valence-corrected chi connectivity index (χ2v) is 7.63. The summed E-state index contributed by atoms with van der Waals surface area (Å²) in [5.74, 6) is -0.0790. The van der Waals surface area contributed by atoms with E-state index in [1.807, 2.05) is 4.90 Å². The first-order valence-corrected chi connectivity index (χ1v) is 10.8. The molecule has 1 aliphatic rings. The number of benzene rings is 1. The molecule has 0 aliphatic heterocycles. The van der Waals surface area contributed by atoms with E-state index in [0.29, 0.717) is 26.1 Å². The van der Waals surface area contributed by atoms with E-state index in [-0.39, 0.29) is 18.3 Å². The Labute approximate surface area is 170 Å². The largest absolute Gasteiger partial charge is 0.466 e. The van der Waals surface area contributed by atoms with Crippen LogP contribution in [0.4, 0.5) is 0 Å². The number of carbonyl (C=O) groups is 2. The number of allylic oxidation sites excluding steroid dienone is 1. The molecule has 0 fully saturated rings. The molecule has 0 aromatic heterocycles. The number of rotatable bonds is 11. The minimum atomic E-state index is -0.225. The van der Waals surface area contributed by atoms with Gasteiger partial charge in [-0.05, 0) is 64.4 Å². The summed E-state index contributed by atoms with van der Waals surface area (Å²) in [7, 11) is 0. The molecular formula is C24H35NO3. The summed E-state index contributed by atoms with van der Waals surface area (Å²) >= 11 is 0. The first-order valence-electron chi connectivity index (χ1n) is 10.8. The molecule has 1 amide bonds. The minimum Gasteiger partial charge on any atom is -0.466 e. The first kappa shape index (κ1) is 22.2. The van der Waals surface area contributed by atoms with E-state index in [1.165, 1.54) is 29.5 Å². The summed E-state index contributed by atoms with van der Waals surface area (Å²) in [4.78, 5) is 26.4. The van der Waals surface area contributed by atoms with Gasteiger partial charge in [0.25, 0.3) is 0 Å². The van der Waals surface area contributed by atoms with Crippen LogP contribution in [0.1, 0.15) is 69.4 Å². The lowest BCUT2D eigenvalue weighted by atomic mass is 9.97. The Kier molecular flexibility index (Phi) is 9.81. The Morgan fingerprint density at radius 3 is 2.50 bits per heavy atom. The summed E-state index contributed by atoms with van der Waals surface area (Å²) in [5, 5.41) is 0. The highest BCUT2D eigenvalue weighted by atomic mass is 16.5. The molecular weight excluding hydrogens is 350 g/mol. The van der Waals surface area contributed by atoms with Crippen molar-refractivity contribution in [2.24, 2.45) is 0 Å². The van der Waals surface area contributed by atoms with Crippen LogP contribution in [0, 0.1) is 6.92 Å². The number of hydrogen-bond donors (Lipinski definition) is 0. The van der Waals surface area contributed by atoms with Gasteiger partial charge in [-0.3, -0.25) is 9.59 Å². The summed E-state index contributed by atoms with van der Waals surface area (Å²) in [6.45, 7) is 5.43. The summed E-state index contributed by atoms with van der Waals surface area (Å²) in [5.41, 5.74) is 3.98. The van der Waals surface area contributed by atoms with Crippen LogP contribution in [-0.2, 0) is 20.7 Å². The number of esters is 1. The van der Waals surface area contributed by atoms with Gasteiger partial charge in [0.2, 0.25) is 5.91 Å². The Hall–Kier alpha value is -2.10. The third kappa shape index (κ3) is 8.28. The predicted octanol–water partition coefficient (Wildman–Crippen LogP) is 4.99. The summed E-state index contributed by atoms with van der Waals surface area (Å²) in [6.07, 6.45) is 10.6. The van der Waals surface area contributed by atoms with Gasteiger partial charge in [-0.15, -0.1) is 0 Å². The fourth-order valence-corrected chi connectivity index (χ4v) is 3.59. The molecule has 4 nitrogen and oxygen atoms in total. The quantitative estimate of drug-likeness (QED) is 0.398. The van der Waals surface area contributed by atoms with Crippen LogP contribution in [0.3, 0.4) is 0 Å². The molecule has 28 heavy (non-hydrogen) atoms. The van der Waals surface area contributed by atoms with Crippen molar-refractivity contribution in [2.45, 2.75) is 71.6 Å². The molecule has 0 radical (unpaired) electrons. The van der Waals surface area contributed by atoms with Gasteiger partial charge in [0.1, 0.15) is 0 Å². The van der Waals surface area contributed by atoms with Gasteiger partial charge in [0.15, 0.2) is 0 Å². The van der Waals surface area contributed by atoms with Crippen molar-refractivity contribution >= 4 is 11.9 Å². The number of nitrogens with zero attached hydrogens (tertiary/aromatic N) is 1. The number of hydrogen-bond acceptors (Lipinski definition) is 3. The lowest BCUT2D eigenvalue weighted by Crippen LogP contribution is -2.34. The van der Waals surface area contributed by atoms with Crippen molar-refractivity contribution in [3.63, 3.8) is 0 Å². The molecule has 0 heterocycles. The molecule has 0 unspecified atom stereocenters. The smallest absolute Gasteiger partial charge is 0.307 e. The highest BCUT2D eigenvalue weighted by Gasteiger charge is 2.16. The molecule has 0 saturated heterocycles. The molecule has 1 aromatic rings.